The molecular weight excluding hydrogens is 296 g/mol. The van der Waals surface area contributed by atoms with Crippen LogP contribution in [-0.2, 0) is 11.3 Å². The predicted molar refractivity (Wildman–Crippen MR) is 86.5 cm³/mol. The Bertz CT molecular complexity index is 715. The van der Waals surface area contributed by atoms with Crippen molar-refractivity contribution in [2.45, 2.75) is 19.5 Å². The van der Waals surface area contributed by atoms with Crippen LogP contribution in [0.5, 0.6) is 5.75 Å². The van der Waals surface area contributed by atoms with Gasteiger partial charge in [-0.1, -0.05) is 13.0 Å². The van der Waals surface area contributed by atoms with Gasteiger partial charge in [-0.15, -0.1) is 0 Å². The van der Waals surface area contributed by atoms with Gasteiger partial charge < -0.3 is 19.6 Å². The van der Waals surface area contributed by atoms with Crippen LogP contribution in [-0.4, -0.2) is 44.2 Å². The molecule has 2 aromatic rings. The van der Waals surface area contributed by atoms with Crippen LogP contribution in [0.25, 0.3) is 11.0 Å². The maximum absolute atomic E-state index is 11.7. The summed E-state index contributed by atoms with van der Waals surface area (Å²) in [6, 6.07) is 5.80. The minimum absolute atomic E-state index is 0.180. The summed E-state index contributed by atoms with van der Waals surface area (Å²) in [6.07, 6.45) is 0. The summed E-state index contributed by atoms with van der Waals surface area (Å²) in [5.41, 5.74) is 7.76. The average molecular weight is 318 g/mol. The highest BCUT2D eigenvalue weighted by molar-refractivity contribution is 5.95. The monoisotopic (exact) mass is 318 g/mol. The molecule has 2 atom stereocenters. The molecule has 124 valence electrons. The van der Waals surface area contributed by atoms with E-state index in [1.165, 1.54) is 7.11 Å². The Kier molecular flexibility index (Phi) is 4.28. The number of hydrogen-bond acceptors (Lipinski definition) is 6. The highest BCUT2D eigenvalue weighted by Crippen LogP contribution is 2.33. The molecule has 1 aromatic heterocycles. The van der Waals surface area contributed by atoms with Crippen LogP contribution < -0.4 is 10.5 Å². The number of nitrogens with two attached hydrogens (primary N) is 1. The zero-order valence-corrected chi connectivity index (χ0v) is 13.7. The van der Waals surface area contributed by atoms with E-state index in [9.17, 15) is 4.79 Å². The smallest absolute Gasteiger partial charge is 0.373 e. The predicted octanol–water partition coefficient (Wildman–Crippen LogP) is 2.01. The Morgan fingerprint density at radius 1 is 1.39 bits per heavy atom. The summed E-state index contributed by atoms with van der Waals surface area (Å²) in [5, 5.41) is 0.873. The lowest BCUT2D eigenvalue weighted by Crippen LogP contribution is -2.28. The standard InChI is InChI=1S/C17H22N2O4/c1-10-7-19(9-13(10)18)8-11-4-5-14(21-2)16-12(11)6-15(23-16)17(20)22-3/h4-6,10,13H,7-9,18H2,1-3H3. The molecule has 0 amide bonds. The molecule has 1 aromatic carbocycles. The molecule has 2 heterocycles. The first-order valence-corrected chi connectivity index (χ1v) is 7.69. The van der Waals surface area contributed by atoms with E-state index in [1.807, 2.05) is 12.1 Å². The Morgan fingerprint density at radius 2 is 2.17 bits per heavy atom. The topological polar surface area (TPSA) is 77.9 Å². The van der Waals surface area contributed by atoms with Crippen LogP contribution >= 0.6 is 0 Å². The molecule has 0 spiro atoms. The lowest BCUT2D eigenvalue weighted by Gasteiger charge is -2.16. The maximum Gasteiger partial charge on any atom is 0.373 e. The third-order valence-corrected chi connectivity index (χ3v) is 4.48. The van der Waals surface area contributed by atoms with Crippen LogP contribution in [0.15, 0.2) is 22.6 Å². The van der Waals surface area contributed by atoms with Crippen molar-refractivity contribution in [2.75, 3.05) is 27.3 Å². The Labute approximate surface area is 135 Å². The Balaban J connectivity index is 1.97. The fourth-order valence-electron chi connectivity index (χ4n) is 3.12. The van der Waals surface area contributed by atoms with Crippen molar-refractivity contribution in [1.82, 2.24) is 4.90 Å². The second-order valence-corrected chi connectivity index (χ2v) is 6.11. The van der Waals surface area contributed by atoms with Gasteiger partial charge >= 0.3 is 5.97 Å². The average Bonchev–Trinajstić information content (AvgIpc) is 3.11. The van der Waals surface area contributed by atoms with Crippen molar-refractivity contribution < 1.29 is 18.7 Å². The fourth-order valence-corrected chi connectivity index (χ4v) is 3.12. The summed E-state index contributed by atoms with van der Waals surface area (Å²) in [7, 11) is 2.91. The van der Waals surface area contributed by atoms with E-state index in [4.69, 9.17) is 19.6 Å². The number of rotatable bonds is 4. The summed E-state index contributed by atoms with van der Waals surface area (Å²) < 4.78 is 15.7. The number of hydrogen-bond donors (Lipinski definition) is 1. The molecule has 0 radical (unpaired) electrons. The van der Waals surface area contributed by atoms with Crippen molar-refractivity contribution >= 4 is 16.9 Å². The van der Waals surface area contributed by atoms with Gasteiger partial charge in [0.1, 0.15) is 0 Å². The molecule has 2 N–H and O–H groups in total. The van der Waals surface area contributed by atoms with Gasteiger partial charge in [0.25, 0.3) is 0 Å². The number of carbonyl (C=O) groups excluding carboxylic acids is 1. The molecule has 0 bridgehead atoms. The SMILES string of the molecule is COC(=O)c1cc2c(CN3CC(C)C(N)C3)ccc(OC)c2o1. The molecule has 1 aliphatic heterocycles. The minimum Gasteiger partial charge on any atom is -0.493 e. The first-order valence-electron chi connectivity index (χ1n) is 7.69. The molecule has 2 unspecified atom stereocenters. The van der Waals surface area contributed by atoms with Crippen molar-refractivity contribution in [1.29, 1.82) is 0 Å². The molecule has 1 aliphatic rings. The molecule has 6 heteroatoms. The highest BCUT2D eigenvalue weighted by Gasteiger charge is 2.27. The Morgan fingerprint density at radius 3 is 2.78 bits per heavy atom. The minimum atomic E-state index is -0.494. The number of ether oxygens (including phenoxy) is 2. The van der Waals surface area contributed by atoms with Gasteiger partial charge in [-0.3, -0.25) is 4.90 Å². The normalized spacial score (nSPS) is 21.7. The number of methoxy groups -OCH3 is 2. The van der Waals surface area contributed by atoms with Gasteiger partial charge in [0.15, 0.2) is 11.3 Å². The van der Waals surface area contributed by atoms with Gasteiger partial charge in [-0.05, 0) is 23.6 Å². The highest BCUT2D eigenvalue weighted by atomic mass is 16.5. The quantitative estimate of drug-likeness (QED) is 0.869. The number of nitrogens with zero attached hydrogens (tertiary/aromatic N) is 1. The molecule has 0 aliphatic carbocycles. The lowest BCUT2D eigenvalue weighted by atomic mass is 10.1. The van der Waals surface area contributed by atoms with E-state index in [0.717, 1.165) is 30.6 Å². The first kappa shape index (κ1) is 15.8. The van der Waals surface area contributed by atoms with Crippen LogP contribution in [0, 0.1) is 5.92 Å². The number of benzene rings is 1. The van der Waals surface area contributed by atoms with Gasteiger partial charge in [0, 0.05) is 31.1 Å². The molecular formula is C17H22N2O4. The van der Waals surface area contributed by atoms with Crippen molar-refractivity contribution in [2.24, 2.45) is 11.7 Å². The molecule has 6 nitrogen and oxygen atoms in total. The number of esters is 1. The zero-order valence-electron chi connectivity index (χ0n) is 13.7. The van der Waals surface area contributed by atoms with E-state index in [1.54, 1.807) is 13.2 Å². The summed E-state index contributed by atoms with van der Waals surface area (Å²) in [4.78, 5) is 14.1. The van der Waals surface area contributed by atoms with Gasteiger partial charge in [0.05, 0.1) is 14.2 Å². The van der Waals surface area contributed by atoms with Crippen molar-refractivity contribution in [3.63, 3.8) is 0 Å². The van der Waals surface area contributed by atoms with Gasteiger partial charge in [0.2, 0.25) is 5.76 Å². The van der Waals surface area contributed by atoms with Gasteiger partial charge in [-0.25, -0.2) is 4.79 Å². The molecule has 1 fully saturated rings. The van der Waals surface area contributed by atoms with E-state index in [0.29, 0.717) is 17.3 Å². The van der Waals surface area contributed by atoms with Crippen molar-refractivity contribution in [3.05, 3.63) is 29.5 Å². The number of fused-ring (bicyclic) bond motifs is 1. The van der Waals surface area contributed by atoms with Crippen LogP contribution in [0.3, 0.4) is 0 Å². The zero-order chi connectivity index (χ0) is 16.6. The first-order chi connectivity index (χ1) is 11.0. The fraction of sp³-hybridized carbons (Fsp3) is 0.471. The van der Waals surface area contributed by atoms with Crippen LogP contribution in [0.1, 0.15) is 23.0 Å². The van der Waals surface area contributed by atoms with E-state index >= 15 is 0 Å². The Hall–Kier alpha value is -2.05. The van der Waals surface area contributed by atoms with Crippen LogP contribution in [0.4, 0.5) is 0 Å². The summed E-state index contributed by atoms with van der Waals surface area (Å²) in [5.74, 6) is 0.773. The third kappa shape index (κ3) is 2.92. The summed E-state index contributed by atoms with van der Waals surface area (Å²) in [6.45, 7) is 4.77. The summed E-state index contributed by atoms with van der Waals surface area (Å²) >= 11 is 0. The third-order valence-electron chi connectivity index (χ3n) is 4.48. The van der Waals surface area contributed by atoms with Crippen LogP contribution in [0.2, 0.25) is 0 Å². The van der Waals surface area contributed by atoms with E-state index in [-0.39, 0.29) is 11.8 Å². The van der Waals surface area contributed by atoms with Gasteiger partial charge in [-0.2, -0.15) is 0 Å². The molecule has 1 saturated heterocycles. The molecule has 3 rings (SSSR count). The largest absolute Gasteiger partial charge is 0.493 e. The molecule has 0 saturated carbocycles. The second kappa shape index (κ2) is 6.22. The lowest BCUT2D eigenvalue weighted by molar-refractivity contribution is 0.0567. The number of likely N-dealkylation sites (tertiary alicyclic amines) is 1. The van der Waals surface area contributed by atoms with Crippen molar-refractivity contribution in [3.8, 4) is 5.75 Å². The second-order valence-electron chi connectivity index (χ2n) is 6.11. The van der Waals surface area contributed by atoms with E-state index in [2.05, 4.69) is 11.8 Å². The number of carbonyl (C=O) groups is 1. The molecule has 23 heavy (non-hydrogen) atoms. The van der Waals surface area contributed by atoms with E-state index < -0.39 is 5.97 Å². The maximum atomic E-state index is 11.7. The number of furan rings is 1.